The number of nitrogens with two attached hydrogens (primary N) is 1. The second-order valence-electron chi connectivity index (χ2n) is 4.11. The van der Waals surface area contributed by atoms with E-state index in [1.54, 1.807) is 0 Å². The molecule has 1 aromatic rings. The highest BCUT2D eigenvalue weighted by Gasteiger charge is 2.35. The van der Waals surface area contributed by atoms with Crippen LogP contribution in [0.15, 0.2) is 23.1 Å². The maximum Gasteiger partial charge on any atom is 0.265 e. The Hall–Kier alpha value is -1.70. The average Bonchev–Trinajstić information content (AvgIpc) is 2.70. The monoisotopic (exact) mass is 254 g/mol. The summed E-state index contributed by atoms with van der Waals surface area (Å²) in [6.45, 7) is -0.331. The van der Waals surface area contributed by atoms with Crippen molar-refractivity contribution >= 4 is 5.91 Å². The minimum atomic E-state index is -0.843. The molecule has 1 aliphatic rings. The molecule has 4 N–H and O–H groups in total. The third-order valence-electron chi connectivity index (χ3n) is 2.93. The molecule has 1 aliphatic heterocycles. The summed E-state index contributed by atoms with van der Waals surface area (Å²) in [6, 6.07) is 2.83. The number of rotatable bonds is 3. The maximum atomic E-state index is 11.9. The van der Waals surface area contributed by atoms with Crippen molar-refractivity contribution < 1.29 is 19.7 Å². The number of aliphatic hydroxyl groups is 2. The van der Waals surface area contributed by atoms with Crippen molar-refractivity contribution in [3.05, 3.63) is 34.2 Å². The fraction of sp³-hybridized carbons (Fsp3) is 0.455. The Labute approximate surface area is 102 Å². The van der Waals surface area contributed by atoms with E-state index in [9.17, 15) is 14.7 Å². The zero-order valence-corrected chi connectivity index (χ0v) is 9.52. The smallest absolute Gasteiger partial charge is 0.265 e. The molecule has 0 aliphatic carbocycles. The number of aromatic nitrogens is 1. The lowest BCUT2D eigenvalue weighted by molar-refractivity contribution is -0.0455. The summed E-state index contributed by atoms with van der Waals surface area (Å²) in [6.07, 6.45) is -0.647. The second-order valence-corrected chi connectivity index (χ2v) is 4.11. The number of hydrogen-bond acceptors (Lipinski definition) is 5. The topological polar surface area (TPSA) is 115 Å². The quantitative estimate of drug-likeness (QED) is 0.613. The molecule has 1 saturated heterocycles. The van der Waals surface area contributed by atoms with E-state index in [0.717, 1.165) is 0 Å². The first-order chi connectivity index (χ1) is 8.54. The lowest BCUT2D eigenvalue weighted by atomic mass is 10.2. The van der Waals surface area contributed by atoms with Crippen LogP contribution >= 0.6 is 0 Å². The largest absolute Gasteiger partial charge is 0.394 e. The van der Waals surface area contributed by atoms with Crippen LogP contribution in [-0.2, 0) is 4.74 Å². The molecule has 7 heteroatoms. The molecule has 0 radical (unpaired) electrons. The Kier molecular flexibility index (Phi) is 3.46. The third-order valence-corrected chi connectivity index (χ3v) is 2.93. The van der Waals surface area contributed by atoms with Crippen molar-refractivity contribution in [3.63, 3.8) is 0 Å². The fourth-order valence-electron chi connectivity index (χ4n) is 1.97. The molecule has 98 valence electrons. The van der Waals surface area contributed by atoms with Crippen LogP contribution in [0.3, 0.4) is 0 Å². The fourth-order valence-corrected chi connectivity index (χ4v) is 1.97. The Morgan fingerprint density at radius 2 is 2.33 bits per heavy atom. The number of pyridine rings is 1. The van der Waals surface area contributed by atoms with E-state index in [-0.39, 0.29) is 18.6 Å². The molecule has 1 fully saturated rings. The van der Waals surface area contributed by atoms with Gasteiger partial charge in [-0.05, 0) is 12.1 Å². The predicted molar refractivity (Wildman–Crippen MR) is 60.8 cm³/mol. The van der Waals surface area contributed by atoms with Crippen LogP contribution in [0.4, 0.5) is 0 Å². The Morgan fingerprint density at radius 1 is 1.61 bits per heavy atom. The second kappa shape index (κ2) is 4.89. The van der Waals surface area contributed by atoms with Gasteiger partial charge in [0.2, 0.25) is 0 Å². The summed E-state index contributed by atoms with van der Waals surface area (Å²) in [5.41, 5.74) is 4.38. The minimum Gasteiger partial charge on any atom is -0.394 e. The van der Waals surface area contributed by atoms with E-state index in [1.165, 1.54) is 22.9 Å². The van der Waals surface area contributed by atoms with Gasteiger partial charge in [-0.25, -0.2) is 0 Å². The lowest BCUT2D eigenvalue weighted by Crippen LogP contribution is -2.31. The highest BCUT2D eigenvalue weighted by atomic mass is 16.5. The molecule has 18 heavy (non-hydrogen) atoms. The van der Waals surface area contributed by atoms with Crippen LogP contribution < -0.4 is 11.3 Å². The molecule has 7 nitrogen and oxygen atoms in total. The van der Waals surface area contributed by atoms with Crippen LogP contribution in [0.5, 0.6) is 0 Å². The molecule has 0 unspecified atom stereocenters. The van der Waals surface area contributed by atoms with Gasteiger partial charge in [-0.2, -0.15) is 0 Å². The number of nitrogens with zero attached hydrogens (tertiary/aromatic N) is 1. The summed E-state index contributed by atoms with van der Waals surface area (Å²) >= 11 is 0. The summed E-state index contributed by atoms with van der Waals surface area (Å²) in [5.74, 6) is -0.813. The Balaban J connectivity index is 2.33. The van der Waals surface area contributed by atoms with Gasteiger partial charge in [-0.15, -0.1) is 0 Å². The van der Waals surface area contributed by atoms with Crippen molar-refractivity contribution in [1.82, 2.24) is 4.57 Å². The number of ether oxygens (including phenoxy) is 1. The van der Waals surface area contributed by atoms with Gasteiger partial charge in [0.15, 0.2) is 0 Å². The Morgan fingerprint density at radius 3 is 2.89 bits per heavy atom. The van der Waals surface area contributed by atoms with Crippen LogP contribution in [0.2, 0.25) is 0 Å². The predicted octanol–water partition coefficient (Wildman–Crippen LogP) is -1.41. The molecule has 2 rings (SSSR count). The average molecular weight is 254 g/mol. The summed E-state index contributed by atoms with van der Waals surface area (Å²) in [4.78, 5) is 23.0. The highest BCUT2D eigenvalue weighted by molar-refractivity contribution is 5.92. The summed E-state index contributed by atoms with van der Waals surface area (Å²) < 4.78 is 6.53. The van der Waals surface area contributed by atoms with E-state index in [1.807, 2.05) is 0 Å². The first kappa shape index (κ1) is 12.7. The molecule has 3 atom stereocenters. The van der Waals surface area contributed by atoms with E-state index in [2.05, 4.69) is 0 Å². The van der Waals surface area contributed by atoms with Gasteiger partial charge in [0.05, 0.1) is 12.7 Å². The van der Waals surface area contributed by atoms with Gasteiger partial charge in [0.1, 0.15) is 17.9 Å². The molecular formula is C11H14N2O5. The van der Waals surface area contributed by atoms with E-state index in [4.69, 9.17) is 15.6 Å². The molecule has 1 amide bonds. The molecular weight excluding hydrogens is 240 g/mol. The summed E-state index contributed by atoms with van der Waals surface area (Å²) in [5, 5.41) is 18.6. The minimum absolute atomic E-state index is 0.136. The van der Waals surface area contributed by atoms with E-state index in [0.29, 0.717) is 0 Å². The van der Waals surface area contributed by atoms with Crippen molar-refractivity contribution in [2.45, 2.75) is 24.9 Å². The van der Waals surface area contributed by atoms with Crippen LogP contribution in [0, 0.1) is 0 Å². The van der Waals surface area contributed by atoms with Crippen molar-refractivity contribution in [2.24, 2.45) is 5.73 Å². The van der Waals surface area contributed by atoms with Gasteiger partial charge in [0, 0.05) is 12.6 Å². The van der Waals surface area contributed by atoms with Crippen molar-refractivity contribution in [2.75, 3.05) is 6.61 Å². The van der Waals surface area contributed by atoms with E-state index < -0.39 is 29.9 Å². The molecule has 0 bridgehead atoms. The van der Waals surface area contributed by atoms with Crippen molar-refractivity contribution in [3.8, 4) is 0 Å². The third kappa shape index (κ3) is 2.15. The van der Waals surface area contributed by atoms with Crippen LogP contribution in [0.25, 0.3) is 0 Å². The van der Waals surface area contributed by atoms with Gasteiger partial charge >= 0.3 is 0 Å². The number of aliphatic hydroxyl groups excluding tert-OH is 2. The molecule has 0 saturated carbocycles. The molecule has 2 heterocycles. The normalized spacial score (nSPS) is 27.3. The van der Waals surface area contributed by atoms with Gasteiger partial charge in [-0.3, -0.25) is 14.2 Å². The van der Waals surface area contributed by atoms with Crippen molar-refractivity contribution in [1.29, 1.82) is 0 Å². The standard InChI is InChI=1S/C11H14N2O5/c12-10(16)6-2-1-3-13(11(6)17)9-4-7(15)8(5-14)18-9/h1-3,7-9,14-15H,4-5H2,(H2,12,16)/t7-,8+,9+/m0/s1. The summed E-state index contributed by atoms with van der Waals surface area (Å²) in [7, 11) is 0. The zero-order chi connectivity index (χ0) is 13.3. The number of carbonyl (C=O) groups is 1. The maximum absolute atomic E-state index is 11.9. The van der Waals surface area contributed by atoms with Gasteiger partial charge in [0.25, 0.3) is 11.5 Å². The number of amides is 1. The van der Waals surface area contributed by atoms with Crippen LogP contribution in [-0.4, -0.2) is 39.5 Å². The SMILES string of the molecule is NC(=O)c1cccn([C@H]2C[C@H](O)[C@@H](CO)O2)c1=O. The lowest BCUT2D eigenvalue weighted by Gasteiger charge is -2.15. The molecule has 0 aromatic carbocycles. The van der Waals surface area contributed by atoms with Gasteiger partial charge < -0.3 is 20.7 Å². The number of hydrogen-bond donors (Lipinski definition) is 3. The highest BCUT2D eigenvalue weighted by Crippen LogP contribution is 2.27. The molecule has 1 aromatic heterocycles. The number of primary amides is 1. The van der Waals surface area contributed by atoms with Gasteiger partial charge in [-0.1, -0.05) is 0 Å². The molecule has 0 spiro atoms. The van der Waals surface area contributed by atoms with Crippen LogP contribution in [0.1, 0.15) is 23.0 Å². The first-order valence-electron chi connectivity index (χ1n) is 5.50. The zero-order valence-electron chi connectivity index (χ0n) is 9.52. The Bertz CT molecular complexity index is 512. The number of carbonyl (C=O) groups excluding carboxylic acids is 1. The first-order valence-corrected chi connectivity index (χ1v) is 5.50. The van der Waals surface area contributed by atoms with E-state index >= 15 is 0 Å².